The molecule has 0 bridgehead atoms. The zero-order valence-corrected chi connectivity index (χ0v) is 10.9. The van der Waals surface area contributed by atoms with Gasteiger partial charge in [0.25, 0.3) is 5.56 Å². The Morgan fingerprint density at radius 3 is 2.95 bits per heavy atom. The third-order valence-corrected chi connectivity index (χ3v) is 2.79. The first-order valence-electron chi connectivity index (χ1n) is 6.07. The van der Waals surface area contributed by atoms with Crippen molar-refractivity contribution in [2.24, 2.45) is 0 Å². The molecule has 0 amide bonds. The molecule has 0 atom stereocenters. The van der Waals surface area contributed by atoms with E-state index in [1.54, 1.807) is 13.0 Å². The van der Waals surface area contributed by atoms with Gasteiger partial charge in [-0.25, -0.2) is 0 Å². The Bertz CT molecular complexity index is 679. The summed E-state index contributed by atoms with van der Waals surface area (Å²) in [6.07, 6.45) is 1.64. The number of rotatable bonds is 4. The molecule has 0 aliphatic heterocycles. The summed E-state index contributed by atoms with van der Waals surface area (Å²) in [5, 5.41) is 12.7. The maximum Gasteiger partial charge on any atom is 0.269 e. The van der Waals surface area contributed by atoms with Crippen LogP contribution < -0.4 is 5.56 Å². The van der Waals surface area contributed by atoms with Crippen molar-refractivity contribution >= 4 is 0 Å². The quantitative estimate of drug-likeness (QED) is 0.827. The lowest BCUT2D eigenvalue weighted by molar-refractivity contribution is 0.370. The van der Waals surface area contributed by atoms with Crippen LogP contribution in [0.2, 0.25) is 0 Å². The molecule has 0 aromatic carbocycles. The van der Waals surface area contributed by atoms with E-state index in [9.17, 15) is 4.79 Å². The number of hydrogen-bond acceptors (Lipinski definition) is 5. The van der Waals surface area contributed by atoms with E-state index in [1.807, 2.05) is 13.0 Å². The van der Waals surface area contributed by atoms with Crippen LogP contribution in [0.1, 0.15) is 36.3 Å². The molecule has 0 fully saturated rings. The van der Waals surface area contributed by atoms with Crippen LogP contribution in [-0.4, -0.2) is 14.7 Å². The number of nitrogens with zero attached hydrogens (tertiary/aromatic N) is 4. The minimum absolute atomic E-state index is 0.114. The number of hydrogen-bond donors (Lipinski definition) is 0. The monoisotopic (exact) mass is 258 g/mol. The van der Waals surface area contributed by atoms with E-state index >= 15 is 0 Å². The molecule has 0 aliphatic rings. The fourth-order valence-electron chi connectivity index (χ4n) is 1.76. The fraction of sp³-hybridized carbons (Fsp3) is 0.385. The number of nitriles is 1. The van der Waals surface area contributed by atoms with Crippen molar-refractivity contribution in [3.05, 3.63) is 45.5 Å². The predicted octanol–water partition coefficient (Wildman–Crippen LogP) is 1.41. The molecular formula is C13H14N4O2. The minimum Gasteiger partial charge on any atom is -0.339 e. The topological polar surface area (TPSA) is 84.7 Å². The highest BCUT2D eigenvalue weighted by Crippen LogP contribution is 2.04. The van der Waals surface area contributed by atoms with E-state index in [4.69, 9.17) is 9.78 Å². The summed E-state index contributed by atoms with van der Waals surface area (Å²) < 4.78 is 6.54. The molecule has 6 heteroatoms. The molecule has 0 spiro atoms. The van der Waals surface area contributed by atoms with Crippen LogP contribution in [0, 0.1) is 18.3 Å². The third-order valence-electron chi connectivity index (χ3n) is 2.79. The Kier molecular flexibility index (Phi) is 3.76. The van der Waals surface area contributed by atoms with Gasteiger partial charge in [0.1, 0.15) is 11.6 Å². The standard InChI is InChI=1S/C13H14N4O2/c1-3-4-12-15-11(16-19-12)8-17-9(2)5-6-10(7-14)13(17)18/h5-6H,3-4,8H2,1-2H3. The molecule has 0 aliphatic carbocycles. The molecule has 2 heterocycles. The van der Waals surface area contributed by atoms with Crippen molar-refractivity contribution in [3.63, 3.8) is 0 Å². The number of pyridine rings is 1. The van der Waals surface area contributed by atoms with Crippen LogP contribution in [-0.2, 0) is 13.0 Å². The maximum atomic E-state index is 12.0. The van der Waals surface area contributed by atoms with Gasteiger partial charge in [-0.2, -0.15) is 10.2 Å². The first-order valence-corrected chi connectivity index (χ1v) is 6.07. The lowest BCUT2D eigenvalue weighted by Gasteiger charge is -2.06. The van der Waals surface area contributed by atoms with Gasteiger partial charge in [0, 0.05) is 12.1 Å². The second-order valence-corrected chi connectivity index (χ2v) is 4.25. The van der Waals surface area contributed by atoms with Gasteiger partial charge < -0.3 is 9.09 Å². The van der Waals surface area contributed by atoms with Gasteiger partial charge in [-0.3, -0.25) is 4.79 Å². The molecule has 98 valence electrons. The van der Waals surface area contributed by atoms with E-state index in [0.717, 1.165) is 18.5 Å². The summed E-state index contributed by atoms with van der Waals surface area (Å²) in [4.78, 5) is 16.2. The van der Waals surface area contributed by atoms with Gasteiger partial charge in [0.05, 0.1) is 6.54 Å². The second kappa shape index (κ2) is 5.48. The smallest absolute Gasteiger partial charge is 0.269 e. The summed E-state index contributed by atoms with van der Waals surface area (Å²) in [6, 6.07) is 5.13. The number of aryl methyl sites for hydroxylation is 2. The first kappa shape index (κ1) is 13.0. The Labute approximate surface area is 110 Å². The fourth-order valence-corrected chi connectivity index (χ4v) is 1.76. The van der Waals surface area contributed by atoms with Gasteiger partial charge in [-0.05, 0) is 25.5 Å². The summed E-state index contributed by atoms with van der Waals surface area (Å²) >= 11 is 0. The largest absolute Gasteiger partial charge is 0.339 e. The van der Waals surface area contributed by atoms with Crippen molar-refractivity contribution in [1.29, 1.82) is 5.26 Å². The zero-order chi connectivity index (χ0) is 13.8. The van der Waals surface area contributed by atoms with Crippen LogP contribution in [0.4, 0.5) is 0 Å². The van der Waals surface area contributed by atoms with Crippen molar-refractivity contribution in [1.82, 2.24) is 14.7 Å². The molecule has 6 nitrogen and oxygen atoms in total. The predicted molar refractivity (Wildman–Crippen MR) is 67.5 cm³/mol. The molecular weight excluding hydrogens is 244 g/mol. The molecule has 0 saturated carbocycles. The second-order valence-electron chi connectivity index (χ2n) is 4.25. The normalized spacial score (nSPS) is 10.4. The van der Waals surface area contributed by atoms with Crippen molar-refractivity contribution in [2.75, 3.05) is 0 Å². The summed E-state index contributed by atoms with van der Waals surface area (Å²) in [7, 11) is 0. The molecule has 0 N–H and O–H groups in total. The SMILES string of the molecule is CCCc1nc(Cn2c(C)ccc(C#N)c2=O)no1. The molecule has 0 unspecified atom stereocenters. The van der Waals surface area contributed by atoms with Gasteiger partial charge in [0.15, 0.2) is 5.82 Å². The van der Waals surface area contributed by atoms with Gasteiger partial charge in [-0.15, -0.1) is 0 Å². The molecule has 2 aromatic heterocycles. The average molecular weight is 258 g/mol. The van der Waals surface area contributed by atoms with Crippen molar-refractivity contribution in [3.8, 4) is 6.07 Å². The highest BCUT2D eigenvalue weighted by molar-refractivity contribution is 5.27. The van der Waals surface area contributed by atoms with E-state index in [1.165, 1.54) is 10.6 Å². The van der Waals surface area contributed by atoms with E-state index < -0.39 is 0 Å². The van der Waals surface area contributed by atoms with Crippen molar-refractivity contribution < 1.29 is 4.52 Å². The van der Waals surface area contributed by atoms with Crippen LogP contribution in [0.5, 0.6) is 0 Å². The molecule has 0 radical (unpaired) electrons. The maximum absolute atomic E-state index is 12.0. The van der Waals surface area contributed by atoms with Crippen LogP contribution >= 0.6 is 0 Å². The van der Waals surface area contributed by atoms with Gasteiger partial charge in [0.2, 0.25) is 5.89 Å². The van der Waals surface area contributed by atoms with E-state index in [-0.39, 0.29) is 17.7 Å². The van der Waals surface area contributed by atoms with Gasteiger partial charge in [-0.1, -0.05) is 12.1 Å². The Hall–Kier alpha value is -2.42. The molecule has 2 rings (SSSR count). The Morgan fingerprint density at radius 1 is 1.47 bits per heavy atom. The lowest BCUT2D eigenvalue weighted by atomic mass is 10.2. The van der Waals surface area contributed by atoms with Crippen LogP contribution in [0.25, 0.3) is 0 Å². The summed E-state index contributed by atoms with van der Waals surface area (Å²) in [5.41, 5.74) is 0.540. The minimum atomic E-state index is -0.329. The molecule has 2 aromatic rings. The highest BCUT2D eigenvalue weighted by Gasteiger charge is 2.10. The van der Waals surface area contributed by atoms with Crippen LogP contribution in [0.15, 0.2) is 21.5 Å². The Morgan fingerprint density at radius 2 is 2.26 bits per heavy atom. The van der Waals surface area contributed by atoms with E-state index in [0.29, 0.717) is 11.7 Å². The van der Waals surface area contributed by atoms with Gasteiger partial charge >= 0.3 is 0 Å². The summed E-state index contributed by atoms with van der Waals surface area (Å²) in [6.45, 7) is 4.04. The molecule has 19 heavy (non-hydrogen) atoms. The van der Waals surface area contributed by atoms with Crippen molar-refractivity contribution in [2.45, 2.75) is 33.2 Å². The number of aromatic nitrogens is 3. The third kappa shape index (κ3) is 2.71. The highest BCUT2D eigenvalue weighted by atomic mass is 16.5. The van der Waals surface area contributed by atoms with E-state index in [2.05, 4.69) is 10.1 Å². The molecule has 0 saturated heterocycles. The lowest BCUT2D eigenvalue weighted by Crippen LogP contribution is -2.25. The zero-order valence-electron chi connectivity index (χ0n) is 10.9. The van der Waals surface area contributed by atoms with Crippen LogP contribution in [0.3, 0.4) is 0 Å². The first-order chi connectivity index (χ1) is 9.15. The summed E-state index contributed by atoms with van der Waals surface area (Å²) in [5.74, 6) is 1.02. The Balaban J connectivity index is 2.32. The average Bonchev–Trinajstić information content (AvgIpc) is 2.83.